The molecule has 0 fully saturated rings. The minimum atomic E-state index is -0.943. The molecule has 8 bridgehead atoms. The number of hydrogen-bond donors (Lipinski definition) is 3. The molecule has 6 rings (SSSR count). The molecule has 0 saturated heterocycles. The molecule has 168 valence electrons. The van der Waals surface area contributed by atoms with E-state index in [-0.39, 0.29) is 26.6 Å². The molecule has 0 radical (unpaired) electrons. The first-order valence-corrected chi connectivity index (χ1v) is 10.5. The van der Waals surface area contributed by atoms with Crippen LogP contribution < -0.4 is 0 Å². The van der Waals surface area contributed by atoms with Crippen LogP contribution >= 0.6 is 0 Å². The third kappa shape index (κ3) is 4.28. The van der Waals surface area contributed by atoms with Crippen molar-refractivity contribution >= 4 is 51.8 Å². The number of nitrogens with one attached hydrogen (secondary N) is 2. The summed E-state index contributed by atoms with van der Waals surface area (Å²) < 4.78 is 0. The van der Waals surface area contributed by atoms with Gasteiger partial charge in [0, 0.05) is 48.7 Å². The topological polar surface area (TPSA) is 94.7 Å². The van der Waals surface area contributed by atoms with Gasteiger partial charge in [0.1, 0.15) is 0 Å². The molecule has 2 aliphatic heterocycles. The number of nitrogens with zero attached hydrogens (tertiary/aromatic N) is 2. The number of aromatic nitrogens is 4. The van der Waals surface area contributed by atoms with Gasteiger partial charge < -0.3 is 15.1 Å². The van der Waals surface area contributed by atoms with Gasteiger partial charge in [0.15, 0.2) is 0 Å². The quantitative estimate of drug-likeness (QED) is 0.228. The van der Waals surface area contributed by atoms with Crippen molar-refractivity contribution in [1.82, 2.24) is 19.9 Å². The monoisotopic (exact) mass is 625 g/mol. The molecule has 34 heavy (non-hydrogen) atoms. The number of benzene rings is 1. The molecule has 0 spiro atoms. The van der Waals surface area contributed by atoms with E-state index < -0.39 is 5.97 Å². The summed E-state index contributed by atoms with van der Waals surface area (Å²) in [5, 5.41) is 9.23. The van der Waals surface area contributed by atoms with Crippen LogP contribution in [0.4, 0.5) is 0 Å². The van der Waals surface area contributed by atoms with Gasteiger partial charge >= 0.3 is 5.97 Å². The van der Waals surface area contributed by atoms with Gasteiger partial charge in [0.25, 0.3) is 0 Å². The van der Waals surface area contributed by atoms with Crippen LogP contribution in [-0.2, 0) is 21.1 Å². The zero-order valence-electron chi connectivity index (χ0n) is 17.7. The van der Waals surface area contributed by atoms with Gasteiger partial charge in [0.05, 0.1) is 28.3 Å². The molecule has 2 aliphatic rings. The molecule has 7 heteroatoms. The number of aromatic amines is 2. The minimum absolute atomic E-state index is 0. The fraction of sp³-hybridized carbons (Fsp3) is 0. The first kappa shape index (κ1) is 21.8. The molecule has 5 heterocycles. The Balaban J connectivity index is 0.00000241. The van der Waals surface area contributed by atoms with E-state index in [1.807, 2.05) is 78.9 Å². The molecule has 3 aromatic heterocycles. The van der Waals surface area contributed by atoms with Gasteiger partial charge in [-0.1, -0.05) is 12.1 Å². The number of hydrogen-bond acceptors (Lipinski definition) is 3. The number of carbonyl (C=O) groups is 1. The smallest absolute Gasteiger partial charge is 0.335 e. The summed E-state index contributed by atoms with van der Waals surface area (Å²) in [5.74, 6) is -0.943. The molecule has 0 unspecified atom stereocenters. The van der Waals surface area contributed by atoms with E-state index in [4.69, 9.17) is 4.98 Å². The molecular formula is C27H18N4O2Pt. The van der Waals surface area contributed by atoms with E-state index in [9.17, 15) is 9.90 Å². The number of H-pyrrole nitrogens is 2. The van der Waals surface area contributed by atoms with Crippen molar-refractivity contribution in [3.05, 3.63) is 107 Å². The van der Waals surface area contributed by atoms with Crippen molar-refractivity contribution in [3.63, 3.8) is 0 Å². The Morgan fingerprint density at radius 2 is 1.21 bits per heavy atom. The van der Waals surface area contributed by atoms with Crippen LogP contribution in [0.2, 0.25) is 0 Å². The SMILES string of the molecule is O=C(O)c1ccc(C2=Cc3cc4ccc(cc5nc(cc6ccc(cc2n3)[nH]6)C=C5)[nH]4)cc1.[Pt]. The summed E-state index contributed by atoms with van der Waals surface area (Å²) in [6.45, 7) is 0. The van der Waals surface area contributed by atoms with Crippen LogP contribution in [-0.4, -0.2) is 31.0 Å². The second-order valence-electron chi connectivity index (χ2n) is 7.97. The molecular weight excluding hydrogens is 607 g/mol. The summed E-state index contributed by atoms with van der Waals surface area (Å²) in [6.07, 6.45) is 6.01. The normalized spacial score (nSPS) is 12.2. The standard InChI is InChI=1S/C27H18N4O2.Pt/c32-27(33)17-3-1-16(2-4-17)25-14-24-13-22-8-7-20(29-22)11-18-5-6-19(28-18)12-21-9-10-23(30-21)15-26(25)31-24;/h1-15,29-30H,(H,32,33);. The fourth-order valence-corrected chi connectivity index (χ4v) is 4.04. The van der Waals surface area contributed by atoms with Gasteiger partial charge in [-0.2, -0.15) is 0 Å². The first-order valence-electron chi connectivity index (χ1n) is 10.5. The summed E-state index contributed by atoms with van der Waals surface area (Å²) in [6, 6.07) is 22.9. The summed E-state index contributed by atoms with van der Waals surface area (Å²) >= 11 is 0. The van der Waals surface area contributed by atoms with Gasteiger partial charge in [0.2, 0.25) is 0 Å². The Morgan fingerprint density at radius 3 is 1.76 bits per heavy atom. The van der Waals surface area contributed by atoms with Crippen LogP contribution in [0, 0.1) is 0 Å². The largest absolute Gasteiger partial charge is 0.478 e. The average molecular weight is 626 g/mol. The third-order valence-corrected chi connectivity index (χ3v) is 5.61. The fourth-order valence-electron chi connectivity index (χ4n) is 4.04. The molecule has 0 amide bonds. The van der Waals surface area contributed by atoms with Gasteiger partial charge in [-0.05, 0) is 84.5 Å². The van der Waals surface area contributed by atoms with Crippen LogP contribution in [0.15, 0.2) is 72.8 Å². The maximum Gasteiger partial charge on any atom is 0.335 e. The Labute approximate surface area is 209 Å². The van der Waals surface area contributed by atoms with Crippen molar-refractivity contribution in [1.29, 1.82) is 0 Å². The number of aromatic carboxylic acids is 1. The van der Waals surface area contributed by atoms with Gasteiger partial charge in [-0.3, -0.25) is 0 Å². The van der Waals surface area contributed by atoms with E-state index in [0.717, 1.165) is 56.0 Å². The Bertz CT molecular complexity index is 1640. The Morgan fingerprint density at radius 1 is 0.676 bits per heavy atom. The van der Waals surface area contributed by atoms with E-state index in [2.05, 4.69) is 15.0 Å². The zero-order chi connectivity index (χ0) is 22.4. The van der Waals surface area contributed by atoms with Crippen LogP contribution in [0.25, 0.3) is 45.9 Å². The predicted octanol–water partition coefficient (Wildman–Crippen LogP) is 5.77. The third-order valence-electron chi connectivity index (χ3n) is 5.61. The first-order chi connectivity index (χ1) is 16.1. The van der Waals surface area contributed by atoms with Crippen LogP contribution in [0.1, 0.15) is 38.7 Å². The minimum Gasteiger partial charge on any atom is -0.478 e. The summed E-state index contributed by atoms with van der Waals surface area (Å²) in [4.78, 5) is 27.6. The van der Waals surface area contributed by atoms with Gasteiger partial charge in [-0.15, -0.1) is 0 Å². The number of carboxylic acids is 1. The van der Waals surface area contributed by atoms with Crippen molar-refractivity contribution < 1.29 is 31.0 Å². The Kier molecular flexibility index (Phi) is 5.60. The van der Waals surface area contributed by atoms with Crippen molar-refractivity contribution in [3.8, 4) is 0 Å². The maximum absolute atomic E-state index is 11.2. The number of fused-ring (bicyclic) bond motifs is 8. The summed E-state index contributed by atoms with van der Waals surface area (Å²) in [5.41, 5.74) is 9.24. The molecule has 6 nitrogen and oxygen atoms in total. The number of rotatable bonds is 2. The molecule has 1 aromatic carbocycles. The second-order valence-corrected chi connectivity index (χ2v) is 7.97. The van der Waals surface area contributed by atoms with Gasteiger partial charge in [-0.25, -0.2) is 14.8 Å². The zero-order valence-corrected chi connectivity index (χ0v) is 20.0. The summed E-state index contributed by atoms with van der Waals surface area (Å²) in [7, 11) is 0. The Hall–Kier alpha value is -4.02. The predicted molar refractivity (Wildman–Crippen MR) is 130 cm³/mol. The van der Waals surface area contributed by atoms with Crippen molar-refractivity contribution in [2.75, 3.05) is 0 Å². The molecule has 3 N–H and O–H groups in total. The van der Waals surface area contributed by atoms with E-state index in [1.165, 1.54) is 0 Å². The van der Waals surface area contributed by atoms with E-state index in [0.29, 0.717) is 0 Å². The van der Waals surface area contributed by atoms with Crippen LogP contribution in [0.3, 0.4) is 0 Å². The van der Waals surface area contributed by atoms with E-state index >= 15 is 0 Å². The van der Waals surface area contributed by atoms with Crippen LogP contribution in [0.5, 0.6) is 0 Å². The average Bonchev–Trinajstić information content (AvgIpc) is 3.59. The maximum atomic E-state index is 11.2. The molecule has 0 atom stereocenters. The van der Waals surface area contributed by atoms with E-state index in [1.54, 1.807) is 12.1 Å². The van der Waals surface area contributed by atoms with Crippen molar-refractivity contribution in [2.45, 2.75) is 0 Å². The van der Waals surface area contributed by atoms with Crippen molar-refractivity contribution in [2.24, 2.45) is 0 Å². The molecule has 4 aromatic rings. The second kappa shape index (κ2) is 8.73. The molecule has 0 saturated carbocycles. The molecule has 0 aliphatic carbocycles. The number of carboxylic acid groups (broad SMARTS) is 1.